The molecule has 106 valence electrons. The molecular weight excluding hydrogens is 232 g/mol. The minimum Gasteiger partial charge on any atom is -0.309 e. The second kappa shape index (κ2) is 7.06. The molecular formula is C17H28N2. The normalized spacial score (nSPS) is 26.3. The summed E-state index contributed by atoms with van der Waals surface area (Å²) in [7, 11) is 0. The predicted octanol–water partition coefficient (Wildman–Crippen LogP) is 3.46. The Bertz CT molecular complexity index is 363. The Kier molecular flexibility index (Phi) is 5.41. The lowest BCUT2D eigenvalue weighted by atomic mass is 9.91. The van der Waals surface area contributed by atoms with Crippen molar-refractivity contribution in [2.45, 2.75) is 45.7 Å². The molecule has 3 unspecified atom stereocenters. The number of piperidine rings is 1. The molecule has 1 saturated heterocycles. The fourth-order valence-corrected chi connectivity index (χ4v) is 3.13. The average molecular weight is 260 g/mol. The van der Waals surface area contributed by atoms with E-state index >= 15 is 0 Å². The lowest BCUT2D eigenvalue weighted by Crippen LogP contribution is -2.46. The van der Waals surface area contributed by atoms with Gasteiger partial charge < -0.3 is 5.32 Å². The van der Waals surface area contributed by atoms with Gasteiger partial charge in [-0.1, -0.05) is 44.2 Å². The molecule has 0 aromatic heterocycles. The third-order valence-electron chi connectivity index (χ3n) is 4.57. The molecule has 0 amide bonds. The van der Waals surface area contributed by atoms with Crippen LogP contribution in [-0.2, 0) is 0 Å². The van der Waals surface area contributed by atoms with E-state index in [1.807, 2.05) is 0 Å². The van der Waals surface area contributed by atoms with Crippen LogP contribution >= 0.6 is 0 Å². The van der Waals surface area contributed by atoms with Crippen LogP contribution in [0.4, 0.5) is 0 Å². The van der Waals surface area contributed by atoms with Crippen LogP contribution in [0, 0.1) is 5.92 Å². The van der Waals surface area contributed by atoms with E-state index in [9.17, 15) is 0 Å². The maximum Gasteiger partial charge on any atom is 0.0449 e. The Labute approximate surface area is 118 Å². The largest absolute Gasteiger partial charge is 0.309 e. The zero-order valence-electron chi connectivity index (χ0n) is 12.6. The van der Waals surface area contributed by atoms with Gasteiger partial charge in [0, 0.05) is 18.6 Å². The number of nitrogens with one attached hydrogen (secondary N) is 1. The van der Waals surface area contributed by atoms with Crippen LogP contribution in [0.3, 0.4) is 0 Å². The minimum absolute atomic E-state index is 0.457. The molecule has 0 spiro atoms. The van der Waals surface area contributed by atoms with E-state index in [0.29, 0.717) is 12.1 Å². The summed E-state index contributed by atoms with van der Waals surface area (Å²) in [5.41, 5.74) is 1.41. The van der Waals surface area contributed by atoms with E-state index in [1.165, 1.54) is 24.9 Å². The standard InChI is InChI=1S/C17H28N2/c1-4-18-17(16-10-6-5-7-11-16)13-19-12-8-9-14(2)15(19)3/h5-7,10-11,14-15,17-18H,4,8-9,12-13H2,1-3H3. The van der Waals surface area contributed by atoms with Crippen molar-refractivity contribution in [2.24, 2.45) is 5.92 Å². The highest BCUT2D eigenvalue weighted by Gasteiger charge is 2.26. The lowest BCUT2D eigenvalue weighted by Gasteiger charge is -2.40. The first-order chi connectivity index (χ1) is 9.22. The van der Waals surface area contributed by atoms with Crippen molar-refractivity contribution in [3.8, 4) is 0 Å². The first kappa shape index (κ1) is 14.5. The second-order valence-electron chi connectivity index (χ2n) is 5.88. The molecule has 0 aliphatic carbocycles. The number of nitrogens with zero attached hydrogens (tertiary/aromatic N) is 1. The summed E-state index contributed by atoms with van der Waals surface area (Å²) in [4.78, 5) is 2.66. The number of likely N-dealkylation sites (N-methyl/N-ethyl adjacent to an activating group) is 1. The topological polar surface area (TPSA) is 15.3 Å². The van der Waals surface area contributed by atoms with Crippen LogP contribution in [0.2, 0.25) is 0 Å². The van der Waals surface area contributed by atoms with Crippen molar-refractivity contribution >= 4 is 0 Å². The van der Waals surface area contributed by atoms with Crippen LogP contribution in [0.15, 0.2) is 30.3 Å². The molecule has 0 saturated carbocycles. The number of hydrogen-bond acceptors (Lipinski definition) is 2. The van der Waals surface area contributed by atoms with Gasteiger partial charge in [0.15, 0.2) is 0 Å². The zero-order valence-corrected chi connectivity index (χ0v) is 12.6. The summed E-state index contributed by atoms with van der Waals surface area (Å²) in [6, 6.07) is 12.0. The van der Waals surface area contributed by atoms with Gasteiger partial charge in [0.2, 0.25) is 0 Å². The molecule has 1 aromatic carbocycles. The summed E-state index contributed by atoms with van der Waals surface area (Å²) in [5, 5.41) is 3.64. The van der Waals surface area contributed by atoms with E-state index < -0.39 is 0 Å². The molecule has 1 aromatic rings. The Morgan fingerprint density at radius 2 is 2.00 bits per heavy atom. The van der Waals surface area contributed by atoms with Crippen molar-refractivity contribution in [3.05, 3.63) is 35.9 Å². The molecule has 3 atom stereocenters. The minimum atomic E-state index is 0.457. The predicted molar refractivity (Wildman–Crippen MR) is 82.3 cm³/mol. The van der Waals surface area contributed by atoms with Crippen molar-refractivity contribution < 1.29 is 0 Å². The molecule has 1 fully saturated rings. The Hall–Kier alpha value is -0.860. The van der Waals surface area contributed by atoms with Crippen molar-refractivity contribution in [2.75, 3.05) is 19.6 Å². The molecule has 2 heteroatoms. The SMILES string of the molecule is CCNC(CN1CCCC(C)C1C)c1ccccc1. The molecule has 1 heterocycles. The third kappa shape index (κ3) is 3.80. The van der Waals surface area contributed by atoms with Crippen molar-refractivity contribution in [3.63, 3.8) is 0 Å². The third-order valence-corrected chi connectivity index (χ3v) is 4.57. The zero-order chi connectivity index (χ0) is 13.7. The van der Waals surface area contributed by atoms with Gasteiger partial charge in [0.25, 0.3) is 0 Å². The summed E-state index contributed by atoms with van der Waals surface area (Å²) in [6.07, 6.45) is 2.73. The highest BCUT2D eigenvalue weighted by atomic mass is 15.2. The fourth-order valence-electron chi connectivity index (χ4n) is 3.13. The van der Waals surface area contributed by atoms with E-state index in [-0.39, 0.29) is 0 Å². The first-order valence-electron chi connectivity index (χ1n) is 7.74. The second-order valence-corrected chi connectivity index (χ2v) is 5.88. The lowest BCUT2D eigenvalue weighted by molar-refractivity contribution is 0.102. The van der Waals surface area contributed by atoms with Crippen LogP contribution < -0.4 is 5.32 Å². The van der Waals surface area contributed by atoms with Gasteiger partial charge in [-0.2, -0.15) is 0 Å². The molecule has 1 aliphatic heterocycles. The molecule has 0 radical (unpaired) electrons. The number of hydrogen-bond donors (Lipinski definition) is 1. The van der Waals surface area contributed by atoms with E-state index in [0.717, 1.165) is 19.0 Å². The van der Waals surface area contributed by atoms with Gasteiger partial charge in [0.1, 0.15) is 0 Å². The Balaban J connectivity index is 2.04. The van der Waals surface area contributed by atoms with Crippen LogP contribution in [0.1, 0.15) is 45.2 Å². The maximum absolute atomic E-state index is 3.64. The van der Waals surface area contributed by atoms with Gasteiger partial charge in [-0.15, -0.1) is 0 Å². The Morgan fingerprint density at radius 3 is 2.68 bits per heavy atom. The quantitative estimate of drug-likeness (QED) is 0.872. The van der Waals surface area contributed by atoms with Gasteiger partial charge >= 0.3 is 0 Å². The van der Waals surface area contributed by atoms with E-state index in [1.54, 1.807) is 0 Å². The molecule has 1 aliphatic rings. The highest BCUT2D eigenvalue weighted by Crippen LogP contribution is 2.25. The van der Waals surface area contributed by atoms with Crippen molar-refractivity contribution in [1.82, 2.24) is 10.2 Å². The van der Waals surface area contributed by atoms with Crippen molar-refractivity contribution in [1.29, 1.82) is 0 Å². The van der Waals surface area contributed by atoms with Crippen LogP contribution in [-0.4, -0.2) is 30.6 Å². The number of benzene rings is 1. The summed E-state index contributed by atoms with van der Waals surface area (Å²) in [5.74, 6) is 0.826. The Morgan fingerprint density at radius 1 is 1.26 bits per heavy atom. The average Bonchev–Trinajstić information content (AvgIpc) is 2.44. The number of rotatable bonds is 5. The molecule has 19 heavy (non-hydrogen) atoms. The highest BCUT2D eigenvalue weighted by molar-refractivity contribution is 5.19. The summed E-state index contributed by atoms with van der Waals surface area (Å²) >= 11 is 0. The number of likely N-dealkylation sites (tertiary alicyclic amines) is 1. The van der Waals surface area contributed by atoms with Crippen LogP contribution in [0.5, 0.6) is 0 Å². The van der Waals surface area contributed by atoms with Gasteiger partial charge in [0.05, 0.1) is 0 Å². The fraction of sp³-hybridized carbons (Fsp3) is 0.647. The van der Waals surface area contributed by atoms with Gasteiger partial charge in [-0.05, 0) is 44.3 Å². The molecule has 2 rings (SSSR count). The summed E-state index contributed by atoms with van der Waals surface area (Å²) in [6.45, 7) is 10.4. The summed E-state index contributed by atoms with van der Waals surface area (Å²) < 4.78 is 0. The smallest absolute Gasteiger partial charge is 0.0449 e. The van der Waals surface area contributed by atoms with E-state index in [4.69, 9.17) is 0 Å². The van der Waals surface area contributed by atoms with Gasteiger partial charge in [-0.25, -0.2) is 0 Å². The monoisotopic (exact) mass is 260 g/mol. The van der Waals surface area contributed by atoms with Crippen LogP contribution in [0.25, 0.3) is 0 Å². The first-order valence-corrected chi connectivity index (χ1v) is 7.74. The molecule has 0 bridgehead atoms. The maximum atomic E-state index is 3.64. The van der Waals surface area contributed by atoms with Gasteiger partial charge in [-0.3, -0.25) is 4.90 Å². The molecule has 2 nitrogen and oxygen atoms in total. The van der Waals surface area contributed by atoms with E-state index in [2.05, 4.69) is 61.3 Å². The molecule has 1 N–H and O–H groups in total.